The van der Waals surface area contributed by atoms with Crippen LogP contribution in [-0.2, 0) is 6.54 Å². The van der Waals surface area contributed by atoms with Gasteiger partial charge in [-0.15, -0.1) is 0 Å². The molecule has 5 heteroatoms. The minimum absolute atomic E-state index is 0.0171. The zero-order chi connectivity index (χ0) is 16.8. The molecule has 1 aromatic rings. The molecule has 0 unspecified atom stereocenters. The van der Waals surface area contributed by atoms with Gasteiger partial charge in [0, 0.05) is 30.7 Å². The quantitative estimate of drug-likeness (QED) is 0.706. The molecule has 2 rings (SSSR count). The lowest BCUT2D eigenvalue weighted by Gasteiger charge is -2.17. The van der Waals surface area contributed by atoms with Gasteiger partial charge in [-0.2, -0.15) is 0 Å². The van der Waals surface area contributed by atoms with Crippen molar-refractivity contribution in [2.75, 3.05) is 6.61 Å². The zero-order valence-corrected chi connectivity index (χ0v) is 14.0. The highest BCUT2D eigenvalue weighted by Crippen LogP contribution is 2.21. The molecule has 0 radical (unpaired) electrons. The molecule has 0 aromatic heterocycles. The zero-order valence-electron chi connectivity index (χ0n) is 14.0. The van der Waals surface area contributed by atoms with Gasteiger partial charge in [0.1, 0.15) is 5.75 Å². The maximum atomic E-state index is 12.0. The van der Waals surface area contributed by atoms with Gasteiger partial charge in [0.2, 0.25) is 0 Å². The van der Waals surface area contributed by atoms with Crippen LogP contribution in [0, 0.1) is 12.8 Å². The molecular weight excluding hydrogens is 292 g/mol. The van der Waals surface area contributed by atoms with E-state index in [9.17, 15) is 4.79 Å². The first-order valence-corrected chi connectivity index (χ1v) is 8.07. The largest absolute Gasteiger partial charge is 0.491 e. The summed E-state index contributed by atoms with van der Waals surface area (Å²) >= 11 is 0. The number of urea groups is 1. The van der Waals surface area contributed by atoms with Crippen molar-refractivity contribution in [3.63, 3.8) is 0 Å². The van der Waals surface area contributed by atoms with E-state index in [2.05, 4.69) is 10.6 Å². The van der Waals surface area contributed by atoms with Crippen molar-refractivity contribution < 1.29 is 14.6 Å². The summed E-state index contributed by atoms with van der Waals surface area (Å²) in [6, 6.07) is 5.74. The number of benzene rings is 1. The van der Waals surface area contributed by atoms with Crippen LogP contribution in [0.25, 0.3) is 0 Å². The van der Waals surface area contributed by atoms with E-state index in [1.165, 1.54) is 0 Å². The molecule has 1 aliphatic rings. The number of carbonyl (C=O) groups is 1. The smallest absolute Gasteiger partial charge is 0.315 e. The molecule has 2 atom stereocenters. The Balaban J connectivity index is 1.88. The monoisotopic (exact) mass is 318 g/mol. The fourth-order valence-corrected chi connectivity index (χ4v) is 2.58. The fourth-order valence-electron chi connectivity index (χ4n) is 2.58. The van der Waals surface area contributed by atoms with Crippen LogP contribution in [0.5, 0.6) is 5.75 Å². The molecule has 5 nitrogen and oxygen atoms in total. The molecule has 0 aliphatic heterocycles. The highest BCUT2D eigenvalue weighted by molar-refractivity contribution is 5.74. The Morgan fingerprint density at radius 2 is 2.17 bits per heavy atom. The van der Waals surface area contributed by atoms with Crippen LogP contribution in [0.2, 0.25) is 0 Å². The van der Waals surface area contributed by atoms with E-state index in [1.54, 1.807) is 0 Å². The van der Waals surface area contributed by atoms with Crippen molar-refractivity contribution in [1.82, 2.24) is 10.6 Å². The van der Waals surface area contributed by atoms with E-state index in [1.807, 2.05) is 51.1 Å². The molecular formula is C18H26N2O3. The molecule has 0 saturated carbocycles. The van der Waals surface area contributed by atoms with Crippen molar-refractivity contribution in [3.05, 3.63) is 41.5 Å². The van der Waals surface area contributed by atoms with Crippen LogP contribution in [0.15, 0.2) is 30.4 Å². The Morgan fingerprint density at radius 3 is 2.83 bits per heavy atom. The summed E-state index contributed by atoms with van der Waals surface area (Å²) < 4.78 is 5.81. The second kappa shape index (κ2) is 8.02. The van der Waals surface area contributed by atoms with Gasteiger partial charge in [0.05, 0.1) is 6.10 Å². The molecule has 2 amide bonds. The van der Waals surface area contributed by atoms with Crippen LogP contribution >= 0.6 is 0 Å². The van der Waals surface area contributed by atoms with Gasteiger partial charge in [-0.3, -0.25) is 0 Å². The highest BCUT2D eigenvalue weighted by atomic mass is 16.5. The van der Waals surface area contributed by atoms with Gasteiger partial charge in [0.15, 0.2) is 0 Å². The number of aliphatic hydroxyl groups excluding tert-OH is 1. The number of aliphatic hydroxyl groups is 1. The van der Waals surface area contributed by atoms with Crippen LogP contribution < -0.4 is 15.4 Å². The summed E-state index contributed by atoms with van der Waals surface area (Å²) in [5.41, 5.74) is 2.08. The van der Waals surface area contributed by atoms with Gasteiger partial charge in [-0.25, -0.2) is 4.79 Å². The van der Waals surface area contributed by atoms with Crippen molar-refractivity contribution >= 4 is 6.03 Å². The van der Waals surface area contributed by atoms with Crippen LogP contribution in [0.3, 0.4) is 0 Å². The predicted octanol–water partition coefficient (Wildman–Crippen LogP) is 2.52. The lowest BCUT2D eigenvalue weighted by atomic mass is 10.1. The summed E-state index contributed by atoms with van der Waals surface area (Å²) in [5.74, 6) is 0.949. The van der Waals surface area contributed by atoms with Crippen molar-refractivity contribution in [3.8, 4) is 5.75 Å². The third kappa shape index (κ3) is 5.28. The number of rotatable bonds is 6. The molecule has 0 saturated heterocycles. The Labute approximate surface area is 137 Å². The van der Waals surface area contributed by atoms with Crippen LogP contribution in [0.4, 0.5) is 4.79 Å². The van der Waals surface area contributed by atoms with Crippen molar-refractivity contribution in [2.24, 2.45) is 5.92 Å². The topological polar surface area (TPSA) is 70.6 Å². The molecule has 0 heterocycles. The summed E-state index contributed by atoms with van der Waals surface area (Å²) in [5, 5.41) is 14.9. The van der Waals surface area contributed by atoms with Gasteiger partial charge in [-0.1, -0.05) is 24.3 Å². The molecule has 3 N–H and O–H groups in total. The molecule has 23 heavy (non-hydrogen) atoms. The maximum absolute atomic E-state index is 12.0. The van der Waals surface area contributed by atoms with Gasteiger partial charge in [0.25, 0.3) is 0 Å². The molecule has 1 aliphatic carbocycles. The lowest BCUT2D eigenvalue weighted by Crippen LogP contribution is -2.40. The standard InChI is InChI=1S/C18H26N2O3/c1-12(2)23-17-8-13(3)4-6-15(17)10-19-18(22)20-16-7-5-14(9-16)11-21/h4-8,12,14,16,21H,9-11H2,1-3H3,(H2,19,20,22)/t14-,16+/m0/s1. The third-order valence-corrected chi connectivity index (χ3v) is 3.75. The molecule has 0 fully saturated rings. The number of hydrogen-bond donors (Lipinski definition) is 3. The van der Waals surface area contributed by atoms with Gasteiger partial charge >= 0.3 is 6.03 Å². The average Bonchev–Trinajstić information content (AvgIpc) is 2.93. The molecule has 1 aromatic carbocycles. The van der Waals surface area contributed by atoms with E-state index in [0.29, 0.717) is 6.54 Å². The maximum Gasteiger partial charge on any atom is 0.315 e. The van der Waals surface area contributed by atoms with Crippen molar-refractivity contribution in [1.29, 1.82) is 0 Å². The summed E-state index contributed by atoms with van der Waals surface area (Å²) in [4.78, 5) is 12.0. The SMILES string of the molecule is Cc1ccc(CNC(=O)N[C@@H]2C=C[C@H](CO)C2)c(OC(C)C)c1. The van der Waals surface area contributed by atoms with E-state index in [0.717, 1.165) is 23.3 Å². The first-order chi connectivity index (χ1) is 11.0. The fraction of sp³-hybridized carbons (Fsp3) is 0.500. The van der Waals surface area contributed by atoms with E-state index in [-0.39, 0.29) is 30.7 Å². The lowest BCUT2D eigenvalue weighted by molar-refractivity contribution is 0.229. The van der Waals surface area contributed by atoms with E-state index >= 15 is 0 Å². The Bertz CT molecular complexity index is 569. The molecule has 0 spiro atoms. The molecule has 126 valence electrons. The summed E-state index contributed by atoms with van der Waals surface area (Å²) in [6.45, 7) is 6.51. The number of carbonyl (C=O) groups excluding carboxylic acids is 1. The number of nitrogens with one attached hydrogen (secondary N) is 2. The number of amides is 2. The minimum atomic E-state index is -0.214. The first-order valence-electron chi connectivity index (χ1n) is 8.07. The Hall–Kier alpha value is -2.01. The third-order valence-electron chi connectivity index (χ3n) is 3.75. The van der Waals surface area contributed by atoms with Crippen LogP contribution in [-0.4, -0.2) is 29.9 Å². The first kappa shape index (κ1) is 17.3. The second-order valence-electron chi connectivity index (χ2n) is 6.27. The summed E-state index contributed by atoms with van der Waals surface area (Å²) in [6.07, 6.45) is 4.71. The predicted molar refractivity (Wildman–Crippen MR) is 90.4 cm³/mol. The average molecular weight is 318 g/mol. The van der Waals surface area contributed by atoms with E-state index in [4.69, 9.17) is 9.84 Å². The van der Waals surface area contributed by atoms with Gasteiger partial charge < -0.3 is 20.5 Å². The van der Waals surface area contributed by atoms with Gasteiger partial charge in [-0.05, 0) is 38.8 Å². The Kier molecular flexibility index (Phi) is 6.04. The van der Waals surface area contributed by atoms with E-state index < -0.39 is 0 Å². The highest BCUT2D eigenvalue weighted by Gasteiger charge is 2.19. The Morgan fingerprint density at radius 1 is 1.39 bits per heavy atom. The number of ether oxygens (including phenoxy) is 1. The second-order valence-corrected chi connectivity index (χ2v) is 6.27. The normalized spacial score (nSPS) is 19.9. The van der Waals surface area contributed by atoms with Crippen LogP contribution in [0.1, 0.15) is 31.4 Å². The minimum Gasteiger partial charge on any atom is -0.491 e. The number of aryl methyl sites for hydroxylation is 1. The number of hydrogen-bond acceptors (Lipinski definition) is 3. The van der Waals surface area contributed by atoms with Crippen molar-refractivity contribution in [2.45, 2.75) is 45.9 Å². The molecule has 0 bridgehead atoms. The summed E-state index contributed by atoms with van der Waals surface area (Å²) in [7, 11) is 0.